The van der Waals surface area contributed by atoms with E-state index in [1.165, 1.54) is 11.8 Å². The number of carbonyl (C=O) groups is 1. The highest BCUT2D eigenvalue weighted by Crippen LogP contribution is 2.31. The quantitative estimate of drug-likeness (QED) is 0.754. The summed E-state index contributed by atoms with van der Waals surface area (Å²) in [6.45, 7) is 6.99. The van der Waals surface area contributed by atoms with E-state index in [9.17, 15) is 4.79 Å². The van der Waals surface area contributed by atoms with Crippen molar-refractivity contribution in [2.24, 2.45) is 0 Å². The first-order chi connectivity index (χ1) is 11.5. The minimum absolute atomic E-state index is 0.155. The van der Waals surface area contributed by atoms with Gasteiger partial charge in [0.15, 0.2) is 4.34 Å². The smallest absolute Gasteiger partial charge is 0.233 e. The molecule has 3 heterocycles. The highest BCUT2D eigenvalue weighted by atomic mass is 32.2. The summed E-state index contributed by atoms with van der Waals surface area (Å²) in [5.74, 6) is 0.704. The number of hydrogen-bond donors (Lipinski definition) is 0. The van der Waals surface area contributed by atoms with Crippen LogP contribution in [0.25, 0.3) is 0 Å². The van der Waals surface area contributed by atoms with Crippen LogP contribution in [-0.4, -0.2) is 88.9 Å². The van der Waals surface area contributed by atoms with Crippen molar-refractivity contribution in [2.75, 3.05) is 52.6 Å². The number of hydrogen-bond acceptors (Lipinski definition) is 7. The second-order valence-corrected chi connectivity index (χ2v) is 9.40. The van der Waals surface area contributed by atoms with E-state index < -0.39 is 0 Å². The summed E-state index contributed by atoms with van der Waals surface area (Å²) in [5, 5.41) is 9.07. The molecule has 3 rings (SSSR count). The Morgan fingerprint density at radius 3 is 2.62 bits per heavy atom. The van der Waals surface area contributed by atoms with E-state index in [-0.39, 0.29) is 11.4 Å². The maximum Gasteiger partial charge on any atom is 0.233 e. The zero-order chi connectivity index (χ0) is 17.2. The summed E-state index contributed by atoms with van der Waals surface area (Å²) in [6.07, 6.45) is 3.35. The van der Waals surface area contributed by atoms with Gasteiger partial charge in [0, 0.05) is 25.2 Å². The largest absolute Gasteiger partial charge is 0.340 e. The number of likely N-dealkylation sites (tertiary alicyclic amines) is 1. The lowest BCUT2D eigenvalue weighted by Crippen LogP contribution is -2.58. The molecule has 8 heteroatoms. The molecule has 0 unspecified atom stereocenters. The molecule has 1 amide bonds. The Hall–Kier alpha value is -0.700. The Kier molecular flexibility index (Phi) is 5.79. The highest BCUT2D eigenvalue weighted by molar-refractivity contribution is 8.01. The lowest BCUT2D eigenvalue weighted by Gasteiger charge is -2.47. The molecule has 0 bridgehead atoms. The van der Waals surface area contributed by atoms with Crippen LogP contribution in [0.1, 0.15) is 24.3 Å². The summed E-state index contributed by atoms with van der Waals surface area (Å²) < 4.78 is 0.891. The summed E-state index contributed by atoms with van der Waals surface area (Å²) in [4.78, 5) is 19.8. The van der Waals surface area contributed by atoms with Crippen LogP contribution in [0.2, 0.25) is 0 Å². The fourth-order valence-electron chi connectivity index (χ4n) is 3.63. The molecule has 0 saturated carbocycles. The third-order valence-electron chi connectivity index (χ3n) is 5.31. The van der Waals surface area contributed by atoms with E-state index in [1.54, 1.807) is 11.3 Å². The van der Waals surface area contributed by atoms with Crippen LogP contribution in [0.15, 0.2) is 4.34 Å². The average Bonchev–Trinajstić information content (AvgIpc) is 2.91. The molecular formula is C16H27N5OS2. The van der Waals surface area contributed by atoms with Crippen LogP contribution in [0.5, 0.6) is 0 Å². The molecule has 0 radical (unpaired) electrons. The first-order valence-electron chi connectivity index (χ1n) is 8.59. The molecule has 0 aliphatic carbocycles. The first-order valence-corrected chi connectivity index (χ1v) is 10.4. The Bertz CT molecular complexity index is 571. The van der Waals surface area contributed by atoms with Crippen LogP contribution in [0, 0.1) is 6.92 Å². The maximum atomic E-state index is 12.8. The van der Waals surface area contributed by atoms with Crippen molar-refractivity contribution in [3.05, 3.63) is 5.01 Å². The number of aromatic nitrogens is 2. The normalized spacial score (nSPS) is 22.7. The Morgan fingerprint density at radius 1 is 1.21 bits per heavy atom. The van der Waals surface area contributed by atoms with Gasteiger partial charge in [-0.25, -0.2) is 0 Å². The van der Waals surface area contributed by atoms with E-state index in [4.69, 9.17) is 0 Å². The zero-order valence-corrected chi connectivity index (χ0v) is 16.5. The summed E-state index contributed by atoms with van der Waals surface area (Å²) in [6, 6.07) is 0. The van der Waals surface area contributed by atoms with Gasteiger partial charge in [-0.05, 0) is 53.4 Å². The van der Waals surface area contributed by atoms with Gasteiger partial charge in [0.2, 0.25) is 5.91 Å². The van der Waals surface area contributed by atoms with Gasteiger partial charge in [-0.1, -0.05) is 23.1 Å². The fraction of sp³-hybridized carbons (Fsp3) is 0.812. The monoisotopic (exact) mass is 369 g/mol. The fourth-order valence-corrected chi connectivity index (χ4v) is 5.35. The van der Waals surface area contributed by atoms with Gasteiger partial charge in [0.05, 0.1) is 5.75 Å². The van der Waals surface area contributed by atoms with E-state index >= 15 is 0 Å². The molecule has 1 aromatic rings. The predicted octanol–water partition coefficient (Wildman–Crippen LogP) is 1.57. The number of piperidine rings is 1. The second kappa shape index (κ2) is 7.68. The van der Waals surface area contributed by atoms with Gasteiger partial charge in [-0.3, -0.25) is 9.69 Å². The SMILES string of the molecule is Cc1nnc(SCC(=O)N2CCCN(C)C3(CCN(C)CC3)C2)s1. The van der Waals surface area contributed by atoms with E-state index in [0.29, 0.717) is 5.75 Å². The molecule has 0 atom stereocenters. The number of thioether (sulfide) groups is 1. The second-order valence-electron chi connectivity index (χ2n) is 6.99. The topological polar surface area (TPSA) is 52.6 Å². The molecule has 1 aromatic heterocycles. The van der Waals surface area contributed by atoms with E-state index in [1.807, 2.05) is 6.92 Å². The van der Waals surface area contributed by atoms with Crippen molar-refractivity contribution in [3.63, 3.8) is 0 Å². The first kappa shape index (κ1) is 18.1. The third-order valence-corrected chi connectivity index (χ3v) is 7.27. The average molecular weight is 370 g/mol. The van der Waals surface area contributed by atoms with Gasteiger partial charge < -0.3 is 9.80 Å². The van der Waals surface area contributed by atoms with Crippen molar-refractivity contribution in [3.8, 4) is 0 Å². The number of rotatable bonds is 3. The van der Waals surface area contributed by atoms with Crippen LogP contribution in [0.3, 0.4) is 0 Å². The zero-order valence-electron chi connectivity index (χ0n) is 14.8. The number of carbonyl (C=O) groups excluding carboxylic acids is 1. The molecule has 2 aliphatic rings. The van der Waals surface area contributed by atoms with Crippen LogP contribution in [0.4, 0.5) is 0 Å². The van der Waals surface area contributed by atoms with Gasteiger partial charge >= 0.3 is 0 Å². The molecule has 2 saturated heterocycles. The molecule has 24 heavy (non-hydrogen) atoms. The minimum atomic E-state index is 0.155. The molecule has 6 nitrogen and oxygen atoms in total. The number of aryl methyl sites for hydroxylation is 1. The lowest BCUT2D eigenvalue weighted by molar-refractivity contribution is -0.130. The van der Waals surface area contributed by atoms with Crippen LogP contribution >= 0.6 is 23.1 Å². The molecule has 2 fully saturated rings. The number of amides is 1. The van der Waals surface area contributed by atoms with Gasteiger partial charge in [-0.2, -0.15) is 0 Å². The Balaban J connectivity index is 1.62. The maximum absolute atomic E-state index is 12.8. The summed E-state index contributed by atoms with van der Waals surface area (Å²) in [7, 11) is 4.42. The third kappa shape index (κ3) is 4.09. The standard InChI is InChI=1S/C16H27N5OS2/c1-13-17-18-15(24-13)23-11-14(22)21-8-4-7-20(3)16(12-21)5-9-19(2)10-6-16/h4-12H2,1-3H3. The minimum Gasteiger partial charge on any atom is -0.340 e. The van der Waals surface area contributed by atoms with Crippen molar-refractivity contribution in [1.29, 1.82) is 0 Å². The molecule has 2 aliphatic heterocycles. The van der Waals surface area contributed by atoms with Crippen LogP contribution in [-0.2, 0) is 4.79 Å². The molecule has 0 aromatic carbocycles. The van der Waals surface area contributed by atoms with Gasteiger partial charge in [0.25, 0.3) is 0 Å². The molecule has 1 spiro atoms. The van der Waals surface area contributed by atoms with Crippen molar-refractivity contribution in [1.82, 2.24) is 24.9 Å². The lowest BCUT2D eigenvalue weighted by atomic mass is 9.85. The summed E-state index contributed by atoms with van der Waals surface area (Å²) >= 11 is 3.08. The van der Waals surface area contributed by atoms with Crippen LogP contribution < -0.4 is 0 Å². The van der Waals surface area contributed by atoms with Crippen molar-refractivity contribution >= 4 is 29.0 Å². The van der Waals surface area contributed by atoms with Gasteiger partial charge in [-0.15, -0.1) is 10.2 Å². The molecule has 134 valence electrons. The van der Waals surface area contributed by atoms with Gasteiger partial charge in [0.1, 0.15) is 5.01 Å². The number of nitrogens with zero attached hydrogens (tertiary/aromatic N) is 5. The van der Waals surface area contributed by atoms with Crippen molar-refractivity contribution < 1.29 is 4.79 Å². The predicted molar refractivity (Wildman–Crippen MR) is 98.7 cm³/mol. The Labute approximate surface area is 152 Å². The number of likely N-dealkylation sites (N-methyl/N-ethyl adjacent to an activating group) is 1. The highest BCUT2D eigenvalue weighted by Gasteiger charge is 2.41. The summed E-state index contributed by atoms with van der Waals surface area (Å²) in [5.41, 5.74) is 0.155. The van der Waals surface area contributed by atoms with Crippen molar-refractivity contribution in [2.45, 2.75) is 36.1 Å². The van der Waals surface area contributed by atoms with E-state index in [2.05, 4.69) is 39.0 Å². The molecular weight excluding hydrogens is 342 g/mol. The van der Waals surface area contributed by atoms with E-state index in [0.717, 1.165) is 61.3 Å². The molecule has 0 N–H and O–H groups in total. The Morgan fingerprint density at radius 2 is 1.96 bits per heavy atom.